The van der Waals surface area contributed by atoms with Gasteiger partial charge in [0, 0.05) is 11.6 Å². The predicted molar refractivity (Wildman–Crippen MR) is 89.2 cm³/mol. The molecule has 1 fully saturated rings. The molecule has 1 heterocycles. The molecule has 0 spiro atoms. The lowest BCUT2D eigenvalue weighted by Crippen LogP contribution is -2.18. The molecule has 0 radical (unpaired) electrons. The number of aromatic hydroxyl groups is 1. The van der Waals surface area contributed by atoms with E-state index in [9.17, 15) is 9.67 Å². The minimum absolute atomic E-state index is 0.177. The summed E-state index contributed by atoms with van der Waals surface area (Å²) in [5.74, 6) is 0.949. The van der Waals surface area contributed by atoms with E-state index in [1.165, 1.54) is 0 Å². The molecule has 0 aliphatic carbocycles. The summed E-state index contributed by atoms with van der Waals surface area (Å²) < 4.78 is 17.8. The predicted octanol–water partition coefficient (Wildman–Crippen LogP) is 4.78. The van der Waals surface area contributed by atoms with E-state index in [1.54, 1.807) is 12.1 Å². The third-order valence-electron chi connectivity index (χ3n) is 4.48. The summed E-state index contributed by atoms with van der Waals surface area (Å²) >= 11 is 0. The molecule has 2 atom stereocenters. The van der Waals surface area contributed by atoms with Gasteiger partial charge in [-0.15, -0.1) is 0 Å². The van der Waals surface area contributed by atoms with E-state index in [-0.39, 0.29) is 16.8 Å². The molecule has 0 aromatic heterocycles. The molecule has 4 heteroatoms. The lowest BCUT2D eigenvalue weighted by Gasteiger charge is -2.26. The second-order valence-corrected chi connectivity index (χ2v) is 9.43. The molecule has 0 saturated carbocycles. The van der Waals surface area contributed by atoms with Crippen molar-refractivity contribution < 1.29 is 14.2 Å². The average Bonchev–Trinajstić information content (AvgIpc) is 3.06. The highest BCUT2D eigenvalue weighted by Crippen LogP contribution is 2.67. The zero-order chi connectivity index (χ0) is 16.0. The summed E-state index contributed by atoms with van der Waals surface area (Å²) in [7, 11) is -2.38. The molecule has 0 amide bonds. The average molecular weight is 316 g/mol. The molecule has 116 valence electrons. The van der Waals surface area contributed by atoms with Gasteiger partial charge in [0.05, 0.1) is 5.66 Å². The second kappa shape index (κ2) is 5.17. The van der Waals surface area contributed by atoms with Gasteiger partial charge >= 0.3 is 0 Å². The van der Waals surface area contributed by atoms with Crippen LogP contribution in [-0.2, 0) is 9.98 Å². The van der Waals surface area contributed by atoms with Gasteiger partial charge in [-0.05, 0) is 35.4 Å². The Bertz CT molecular complexity index is 717. The van der Waals surface area contributed by atoms with Gasteiger partial charge in [0.1, 0.15) is 11.5 Å². The van der Waals surface area contributed by atoms with Crippen LogP contribution in [0.1, 0.15) is 31.9 Å². The topological polar surface area (TPSA) is 46.5 Å². The molecular formula is C18H21O3P. The highest BCUT2D eigenvalue weighted by Gasteiger charge is 2.49. The van der Waals surface area contributed by atoms with Crippen molar-refractivity contribution >= 4 is 7.37 Å². The Labute approximate surface area is 131 Å². The summed E-state index contributed by atoms with van der Waals surface area (Å²) in [5.41, 5.74) is 2.29. The van der Waals surface area contributed by atoms with E-state index in [1.807, 2.05) is 43.3 Å². The van der Waals surface area contributed by atoms with Gasteiger partial charge in [0.2, 0.25) is 0 Å². The van der Waals surface area contributed by atoms with E-state index in [0.29, 0.717) is 11.9 Å². The minimum atomic E-state index is -2.38. The van der Waals surface area contributed by atoms with Gasteiger partial charge in [-0.3, -0.25) is 4.57 Å². The quantitative estimate of drug-likeness (QED) is 0.826. The minimum Gasteiger partial charge on any atom is -0.508 e. The van der Waals surface area contributed by atoms with Crippen LogP contribution in [0.4, 0.5) is 0 Å². The smallest absolute Gasteiger partial charge is 0.252 e. The van der Waals surface area contributed by atoms with Crippen LogP contribution in [-0.4, -0.2) is 16.9 Å². The highest BCUT2D eigenvalue weighted by molar-refractivity contribution is 7.67. The lowest BCUT2D eigenvalue weighted by molar-refractivity contribution is 0.474. The standard InChI is InChI=1S/C18H21O3P/c1-13-12-22(13,20)21-17-10-6-15(7-11-17)18(2,3)14-4-8-16(19)9-5-14/h4-11,13,19H,12H2,1-3H3. The number of hydrogen-bond donors (Lipinski definition) is 1. The van der Waals surface area contributed by atoms with Crippen molar-refractivity contribution in [3.63, 3.8) is 0 Å². The first-order valence-electron chi connectivity index (χ1n) is 7.50. The Morgan fingerprint density at radius 3 is 1.95 bits per heavy atom. The van der Waals surface area contributed by atoms with E-state index in [2.05, 4.69) is 13.8 Å². The molecule has 2 aromatic rings. The summed E-state index contributed by atoms with van der Waals surface area (Å²) in [5, 5.41) is 9.42. The largest absolute Gasteiger partial charge is 0.508 e. The molecule has 0 bridgehead atoms. The van der Waals surface area contributed by atoms with E-state index in [0.717, 1.165) is 11.1 Å². The first-order valence-corrected chi connectivity index (χ1v) is 9.37. The van der Waals surface area contributed by atoms with Crippen molar-refractivity contribution in [2.24, 2.45) is 0 Å². The van der Waals surface area contributed by atoms with Crippen molar-refractivity contribution in [1.82, 2.24) is 0 Å². The Kier molecular flexibility index (Phi) is 3.57. The van der Waals surface area contributed by atoms with Crippen LogP contribution in [0.15, 0.2) is 48.5 Å². The normalized spacial score (nSPS) is 24.0. The van der Waals surface area contributed by atoms with Crippen LogP contribution >= 0.6 is 7.37 Å². The molecule has 2 aromatic carbocycles. The molecule has 1 saturated heterocycles. The number of phenolic OH excluding ortho intramolecular Hbond substituents is 1. The second-order valence-electron chi connectivity index (χ2n) is 6.55. The van der Waals surface area contributed by atoms with Crippen molar-refractivity contribution in [2.75, 3.05) is 6.16 Å². The Balaban J connectivity index is 1.82. The van der Waals surface area contributed by atoms with E-state index in [4.69, 9.17) is 4.52 Å². The van der Waals surface area contributed by atoms with Gasteiger partial charge in [0.25, 0.3) is 7.37 Å². The van der Waals surface area contributed by atoms with Crippen LogP contribution in [0.3, 0.4) is 0 Å². The molecular weight excluding hydrogens is 295 g/mol. The Hall–Kier alpha value is -1.73. The maximum atomic E-state index is 12.1. The lowest BCUT2D eigenvalue weighted by atomic mass is 9.78. The summed E-state index contributed by atoms with van der Waals surface area (Å²) in [6.07, 6.45) is 0.688. The Morgan fingerprint density at radius 1 is 1.05 bits per heavy atom. The molecule has 1 aliphatic rings. The zero-order valence-electron chi connectivity index (χ0n) is 13.1. The van der Waals surface area contributed by atoms with Crippen LogP contribution in [0.5, 0.6) is 11.5 Å². The number of benzene rings is 2. The molecule has 1 N–H and O–H groups in total. The molecule has 3 rings (SSSR count). The van der Waals surface area contributed by atoms with Crippen LogP contribution in [0, 0.1) is 0 Å². The highest BCUT2D eigenvalue weighted by atomic mass is 31.2. The number of phenols is 1. The van der Waals surface area contributed by atoms with Crippen molar-refractivity contribution in [3.8, 4) is 11.5 Å². The molecule has 22 heavy (non-hydrogen) atoms. The SMILES string of the molecule is CC1CP1(=O)Oc1ccc(C(C)(C)c2ccc(O)cc2)cc1. The fourth-order valence-corrected chi connectivity index (χ4v) is 4.38. The van der Waals surface area contributed by atoms with Gasteiger partial charge in [-0.1, -0.05) is 45.0 Å². The molecule has 2 unspecified atom stereocenters. The van der Waals surface area contributed by atoms with Crippen molar-refractivity contribution in [1.29, 1.82) is 0 Å². The van der Waals surface area contributed by atoms with Crippen LogP contribution < -0.4 is 4.52 Å². The molecule has 1 aliphatic heterocycles. The van der Waals surface area contributed by atoms with Crippen molar-refractivity contribution in [3.05, 3.63) is 59.7 Å². The maximum Gasteiger partial charge on any atom is 0.252 e. The van der Waals surface area contributed by atoms with Gasteiger partial charge in [0.15, 0.2) is 0 Å². The zero-order valence-corrected chi connectivity index (χ0v) is 14.0. The fourth-order valence-electron chi connectivity index (χ4n) is 2.60. The van der Waals surface area contributed by atoms with E-state index >= 15 is 0 Å². The summed E-state index contributed by atoms with van der Waals surface area (Å²) in [6, 6.07) is 15.1. The maximum absolute atomic E-state index is 12.1. The van der Waals surface area contributed by atoms with Gasteiger partial charge in [-0.2, -0.15) is 0 Å². The van der Waals surface area contributed by atoms with Crippen molar-refractivity contribution in [2.45, 2.75) is 31.8 Å². The Morgan fingerprint density at radius 2 is 1.50 bits per heavy atom. The monoisotopic (exact) mass is 316 g/mol. The third-order valence-corrected chi connectivity index (χ3v) is 7.11. The van der Waals surface area contributed by atoms with Crippen LogP contribution in [0.2, 0.25) is 0 Å². The fraction of sp³-hybridized carbons (Fsp3) is 0.333. The first kappa shape index (κ1) is 15.2. The number of rotatable bonds is 4. The third kappa shape index (κ3) is 2.78. The van der Waals surface area contributed by atoms with E-state index < -0.39 is 7.37 Å². The van der Waals surface area contributed by atoms with Gasteiger partial charge in [-0.25, -0.2) is 0 Å². The van der Waals surface area contributed by atoms with Gasteiger partial charge < -0.3 is 9.63 Å². The number of hydrogen-bond acceptors (Lipinski definition) is 3. The first-order chi connectivity index (χ1) is 10.3. The molecule has 3 nitrogen and oxygen atoms in total. The summed E-state index contributed by atoms with van der Waals surface area (Å²) in [6.45, 7) is 6.24. The summed E-state index contributed by atoms with van der Waals surface area (Å²) in [4.78, 5) is 0. The van der Waals surface area contributed by atoms with Crippen LogP contribution in [0.25, 0.3) is 0 Å².